The van der Waals surface area contributed by atoms with Crippen LogP contribution in [0.4, 0.5) is 4.39 Å². The molecule has 0 bridgehead atoms. The first kappa shape index (κ1) is 14.9. The highest BCUT2D eigenvalue weighted by Gasteiger charge is 2.23. The first-order valence-corrected chi connectivity index (χ1v) is 7.98. The van der Waals surface area contributed by atoms with Crippen molar-refractivity contribution in [3.8, 4) is 0 Å². The summed E-state index contributed by atoms with van der Waals surface area (Å²) in [6.07, 6.45) is 1.20. The van der Waals surface area contributed by atoms with Gasteiger partial charge in [-0.25, -0.2) is 4.39 Å². The molecule has 0 N–H and O–H groups in total. The number of rotatable bonds is 4. The molecule has 3 rings (SSSR count). The van der Waals surface area contributed by atoms with E-state index < -0.39 is 0 Å². The Kier molecular flexibility index (Phi) is 4.88. The van der Waals surface area contributed by atoms with Crippen molar-refractivity contribution < 1.29 is 9.13 Å². The Hall–Kier alpha value is -0.970. The first-order chi connectivity index (χ1) is 10.2. The minimum Gasteiger partial charge on any atom is -0.381 e. The third-order valence-corrected chi connectivity index (χ3v) is 4.60. The Morgan fingerprint density at radius 3 is 2.67 bits per heavy atom. The summed E-state index contributed by atoms with van der Waals surface area (Å²) in [6, 6.07) is 5.39. The van der Waals surface area contributed by atoms with Crippen LogP contribution in [-0.4, -0.2) is 55.7 Å². The van der Waals surface area contributed by atoms with Gasteiger partial charge in [0.15, 0.2) is 0 Å². The lowest BCUT2D eigenvalue weighted by molar-refractivity contribution is 0.106. The summed E-state index contributed by atoms with van der Waals surface area (Å²) in [5, 5.41) is 0. The van der Waals surface area contributed by atoms with E-state index >= 15 is 0 Å². The Balaban J connectivity index is 1.48. The van der Waals surface area contributed by atoms with E-state index in [1.54, 1.807) is 6.07 Å². The normalized spacial score (nSPS) is 24.6. The molecular weight excluding hydrogens is 267 g/mol. The van der Waals surface area contributed by atoms with E-state index in [0.717, 1.165) is 63.6 Å². The average molecular weight is 292 g/mol. The Bertz CT molecular complexity index is 466. The quantitative estimate of drug-likeness (QED) is 0.847. The molecule has 3 nitrogen and oxygen atoms in total. The maximum Gasteiger partial charge on any atom is 0.127 e. The molecule has 2 fully saturated rings. The van der Waals surface area contributed by atoms with Crippen LogP contribution in [0.25, 0.3) is 0 Å². The van der Waals surface area contributed by atoms with Crippen LogP contribution in [0, 0.1) is 18.7 Å². The minimum absolute atomic E-state index is 0.0777. The number of hydrogen-bond acceptors (Lipinski definition) is 3. The highest BCUT2D eigenvalue weighted by atomic mass is 19.1. The zero-order chi connectivity index (χ0) is 14.7. The number of piperazine rings is 1. The fourth-order valence-corrected chi connectivity index (χ4v) is 3.29. The van der Waals surface area contributed by atoms with E-state index in [4.69, 9.17) is 4.74 Å². The maximum absolute atomic E-state index is 13.8. The van der Waals surface area contributed by atoms with Crippen molar-refractivity contribution in [2.24, 2.45) is 5.92 Å². The molecule has 2 aliphatic rings. The first-order valence-electron chi connectivity index (χ1n) is 7.98. The van der Waals surface area contributed by atoms with Crippen molar-refractivity contribution in [1.82, 2.24) is 9.80 Å². The third kappa shape index (κ3) is 4.02. The minimum atomic E-state index is -0.0777. The van der Waals surface area contributed by atoms with Gasteiger partial charge in [-0.15, -0.1) is 0 Å². The molecule has 2 saturated heterocycles. The van der Waals surface area contributed by atoms with Crippen molar-refractivity contribution in [1.29, 1.82) is 0 Å². The second-order valence-electron chi connectivity index (χ2n) is 6.40. The van der Waals surface area contributed by atoms with Crippen molar-refractivity contribution >= 4 is 0 Å². The maximum atomic E-state index is 13.8. The molecular formula is C17H25FN2O. The van der Waals surface area contributed by atoms with Crippen molar-refractivity contribution in [2.75, 3.05) is 45.9 Å². The summed E-state index contributed by atoms with van der Waals surface area (Å²) >= 11 is 0. The summed E-state index contributed by atoms with van der Waals surface area (Å²) in [6.45, 7) is 9.99. The lowest BCUT2D eigenvalue weighted by Crippen LogP contribution is -2.47. The SMILES string of the molecule is Cc1ccc(F)c(CN2CCN(C[C@H]3CCOC3)CC2)c1. The van der Waals surface area contributed by atoms with Gasteiger partial charge in [0.25, 0.3) is 0 Å². The van der Waals surface area contributed by atoms with Crippen LogP contribution in [0.5, 0.6) is 0 Å². The van der Waals surface area contributed by atoms with Crippen molar-refractivity contribution in [2.45, 2.75) is 19.9 Å². The zero-order valence-electron chi connectivity index (χ0n) is 12.9. The van der Waals surface area contributed by atoms with E-state index in [1.165, 1.54) is 6.42 Å². The lowest BCUT2D eigenvalue weighted by atomic mass is 10.1. The standard InChI is InChI=1S/C17H25FN2O/c1-14-2-3-17(18)16(10-14)12-20-7-5-19(6-8-20)11-15-4-9-21-13-15/h2-3,10,15H,4-9,11-13H2,1H3/t15-/m1/s1. The van der Waals surface area contributed by atoms with E-state index in [2.05, 4.69) is 9.80 Å². The van der Waals surface area contributed by atoms with Crippen LogP contribution in [0.15, 0.2) is 18.2 Å². The molecule has 4 heteroatoms. The van der Waals surface area contributed by atoms with Crippen LogP contribution < -0.4 is 0 Å². The molecule has 1 aromatic carbocycles. The van der Waals surface area contributed by atoms with Gasteiger partial charge in [-0.3, -0.25) is 4.90 Å². The van der Waals surface area contributed by atoms with Gasteiger partial charge < -0.3 is 9.64 Å². The van der Waals surface area contributed by atoms with Crippen molar-refractivity contribution in [3.05, 3.63) is 35.1 Å². The number of halogens is 1. The molecule has 21 heavy (non-hydrogen) atoms. The molecule has 1 aromatic rings. The molecule has 0 unspecified atom stereocenters. The van der Waals surface area contributed by atoms with Crippen LogP contribution in [0.2, 0.25) is 0 Å². The average Bonchev–Trinajstić information content (AvgIpc) is 2.98. The zero-order valence-corrected chi connectivity index (χ0v) is 12.9. The summed E-state index contributed by atoms with van der Waals surface area (Å²) in [5.74, 6) is 0.636. The molecule has 0 radical (unpaired) electrons. The van der Waals surface area contributed by atoms with Gasteiger partial charge in [0.1, 0.15) is 5.82 Å². The lowest BCUT2D eigenvalue weighted by Gasteiger charge is -2.35. The predicted molar refractivity (Wildman–Crippen MR) is 81.8 cm³/mol. The Morgan fingerprint density at radius 1 is 1.19 bits per heavy atom. The fourth-order valence-electron chi connectivity index (χ4n) is 3.29. The van der Waals surface area contributed by atoms with Crippen molar-refractivity contribution in [3.63, 3.8) is 0 Å². The number of hydrogen-bond donors (Lipinski definition) is 0. The molecule has 0 spiro atoms. The van der Waals surface area contributed by atoms with Gasteiger partial charge >= 0.3 is 0 Å². The van der Waals surface area contributed by atoms with E-state index in [0.29, 0.717) is 5.92 Å². The number of ether oxygens (including phenoxy) is 1. The van der Waals surface area contributed by atoms with E-state index in [9.17, 15) is 4.39 Å². The Labute approximate surface area is 126 Å². The summed E-state index contributed by atoms with van der Waals surface area (Å²) < 4.78 is 19.3. The topological polar surface area (TPSA) is 15.7 Å². The van der Waals surface area contributed by atoms with Crippen LogP contribution in [0.3, 0.4) is 0 Å². The molecule has 0 aliphatic carbocycles. The smallest absolute Gasteiger partial charge is 0.127 e. The van der Waals surface area contributed by atoms with Gasteiger partial charge in [-0.05, 0) is 25.3 Å². The molecule has 0 saturated carbocycles. The number of benzene rings is 1. The second-order valence-corrected chi connectivity index (χ2v) is 6.40. The van der Waals surface area contributed by atoms with Gasteiger partial charge in [0.2, 0.25) is 0 Å². The molecule has 0 aromatic heterocycles. The van der Waals surface area contributed by atoms with Crippen LogP contribution in [0.1, 0.15) is 17.5 Å². The summed E-state index contributed by atoms with van der Waals surface area (Å²) in [5.41, 5.74) is 1.96. The molecule has 1 atom stereocenters. The van der Waals surface area contributed by atoms with Gasteiger partial charge in [-0.1, -0.05) is 17.7 Å². The number of aryl methyl sites for hydroxylation is 1. The van der Waals surface area contributed by atoms with Crippen LogP contribution >= 0.6 is 0 Å². The molecule has 0 amide bonds. The highest BCUT2D eigenvalue weighted by molar-refractivity contribution is 5.24. The Morgan fingerprint density at radius 2 is 1.95 bits per heavy atom. The molecule has 116 valence electrons. The monoisotopic (exact) mass is 292 g/mol. The molecule has 2 heterocycles. The fraction of sp³-hybridized carbons (Fsp3) is 0.647. The summed E-state index contributed by atoms with van der Waals surface area (Å²) in [4.78, 5) is 4.89. The van der Waals surface area contributed by atoms with Gasteiger partial charge in [0.05, 0.1) is 6.61 Å². The predicted octanol–water partition coefficient (Wildman–Crippen LogP) is 2.29. The van der Waals surface area contributed by atoms with Crippen LogP contribution in [-0.2, 0) is 11.3 Å². The second kappa shape index (κ2) is 6.86. The summed E-state index contributed by atoms with van der Waals surface area (Å²) in [7, 11) is 0. The molecule has 2 aliphatic heterocycles. The van der Waals surface area contributed by atoms with Gasteiger partial charge in [0, 0.05) is 51.4 Å². The van der Waals surface area contributed by atoms with Gasteiger partial charge in [-0.2, -0.15) is 0 Å². The number of nitrogens with zero attached hydrogens (tertiary/aromatic N) is 2. The highest BCUT2D eigenvalue weighted by Crippen LogP contribution is 2.17. The largest absolute Gasteiger partial charge is 0.381 e. The van der Waals surface area contributed by atoms with E-state index in [1.807, 2.05) is 19.1 Å². The third-order valence-electron chi connectivity index (χ3n) is 4.60. The van der Waals surface area contributed by atoms with E-state index in [-0.39, 0.29) is 5.82 Å².